The second-order valence-electron chi connectivity index (χ2n) is 3.70. The molecule has 2 amide bonds. The van der Waals surface area contributed by atoms with Gasteiger partial charge in [-0.05, 0) is 24.6 Å². The smallest absolute Gasteiger partial charge is 0.315 e. The van der Waals surface area contributed by atoms with Gasteiger partial charge >= 0.3 is 11.8 Å². The average molecular weight is 296 g/mol. The van der Waals surface area contributed by atoms with Crippen molar-refractivity contribution in [2.24, 2.45) is 0 Å². The molecule has 0 spiro atoms. The summed E-state index contributed by atoms with van der Waals surface area (Å²) in [4.78, 5) is 27.2. The Bertz CT molecular complexity index is 613. The van der Waals surface area contributed by atoms with Crippen molar-refractivity contribution in [3.8, 4) is 0 Å². The summed E-state index contributed by atoms with van der Waals surface area (Å²) in [5, 5.41) is 7.47. The number of benzene rings is 1. The van der Waals surface area contributed by atoms with Crippen molar-refractivity contribution in [1.82, 2.24) is 4.98 Å². The van der Waals surface area contributed by atoms with Gasteiger partial charge in [-0.15, -0.1) is 11.3 Å². The van der Waals surface area contributed by atoms with Gasteiger partial charge in [0.25, 0.3) is 0 Å². The van der Waals surface area contributed by atoms with Gasteiger partial charge in [0.2, 0.25) is 0 Å². The topological polar surface area (TPSA) is 71.1 Å². The zero-order valence-corrected chi connectivity index (χ0v) is 11.5. The minimum Gasteiger partial charge on any atom is -0.317 e. The Kier molecular flexibility index (Phi) is 4.13. The van der Waals surface area contributed by atoms with Crippen LogP contribution in [0.1, 0.15) is 5.56 Å². The zero-order valence-electron chi connectivity index (χ0n) is 9.94. The maximum atomic E-state index is 11.7. The van der Waals surface area contributed by atoms with Gasteiger partial charge in [-0.1, -0.05) is 17.7 Å². The summed E-state index contributed by atoms with van der Waals surface area (Å²) in [6, 6.07) is 5.06. The lowest BCUT2D eigenvalue weighted by Crippen LogP contribution is -2.29. The lowest BCUT2D eigenvalue weighted by molar-refractivity contribution is -0.133. The van der Waals surface area contributed by atoms with Gasteiger partial charge in [0.1, 0.15) is 0 Å². The van der Waals surface area contributed by atoms with Crippen LogP contribution in [0.2, 0.25) is 5.02 Å². The average Bonchev–Trinajstić information content (AvgIpc) is 2.86. The summed E-state index contributed by atoms with van der Waals surface area (Å²) in [5.41, 5.74) is 1.33. The minimum absolute atomic E-state index is 0.378. The number of rotatable bonds is 2. The first kappa shape index (κ1) is 13.5. The van der Waals surface area contributed by atoms with Crippen LogP contribution in [0.15, 0.2) is 29.8 Å². The van der Waals surface area contributed by atoms with Gasteiger partial charge in [0.05, 0.1) is 0 Å². The van der Waals surface area contributed by atoms with E-state index >= 15 is 0 Å². The third-order valence-electron chi connectivity index (χ3n) is 2.31. The number of carbonyl (C=O) groups excluding carboxylic acids is 2. The lowest BCUT2D eigenvalue weighted by Gasteiger charge is -2.08. The maximum absolute atomic E-state index is 11.7. The highest BCUT2D eigenvalue weighted by Gasteiger charge is 2.15. The molecular weight excluding hydrogens is 286 g/mol. The highest BCUT2D eigenvalue weighted by molar-refractivity contribution is 7.13. The van der Waals surface area contributed by atoms with Crippen LogP contribution in [-0.4, -0.2) is 16.8 Å². The normalized spacial score (nSPS) is 10.0. The van der Waals surface area contributed by atoms with E-state index in [2.05, 4.69) is 15.6 Å². The van der Waals surface area contributed by atoms with E-state index in [-0.39, 0.29) is 0 Å². The van der Waals surface area contributed by atoms with E-state index in [0.29, 0.717) is 15.8 Å². The number of aryl methyl sites for hydroxylation is 1. The molecule has 0 aliphatic carbocycles. The van der Waals surface area contributed by atoms with Crippen molar-refractivity contribution < 1.29 is 9.59 Å². The SMILES string of the molecule is Cc1ccc(Cl)cc1NC(=O)C(=O)Nc1nccs1. The molecule has 5 nitrogen and oxygen atoms in total. The summed E-state index contributed by atoms with van der Waals surface area (Å²) in [6.45, 7) is 1.81. The molecule has 0 aliphatic rings. The number of hydrogen-bond acceptors (Lipinski definition) is 4. The summed E-state index contributed by atoms with van der Waals surface area (Å²) in [5.74, 6) is -1.53. The standard InChI is InChI=1S/C12H10ClN3O2S/c1-7-2-3-8(13)6-9(7)15-10(17)11(18)16-12-14-4-5-19-12/h2-6H,1H3,(H,15,17)(H,14,16,18). The van der Waals surface area contributed by atoms with E-state index in [4.69, 9.17) is 11.6 Å². The first-order valence-corrected chi connectivity index (χ1v) is 6.60. The summed E-state index contributed by atoms with van der Waals surface area (Å²) >= 11 is 7.07. The number of halogens is 1. The summed E-state index contributed by atoms with van der Waals surface area (Å²) in [6.07, 6.45) is 1.54. The van der Waals surface area contributed by atoms with Crippen molar-refractivity contribution in [2.45, 2.75) is 6.92 Å². The van der Waals surface area contributed by atoms with Gasteiger partial charge in [-0.25, -0.2) is 4.98 Å². The predicted octanol–water partition coefficient (Wildman–Crippen LogP) is 2.68. The van der Waals surface area contributed by atoms with Crippen molar-refractivity contribution in [3.63, 3.8) is 0 Å². The van der Waals surface area contributed by atoms with E-state index in [1.807, 2.05) is 6.92 Å². The van der Waals surface area contributed by atoms with Crippen molar-refractivity contribution >= 4 is 45.6 Å². The van der Waals surface area contributed by atoms with Crippen LogP contribution >= 0.6 is 22.9 Å². The Labute approximate surface area is 118 Å². The Balaban J connectivity index is 2.04. The van der Waals surface area contributed by atoms with E-state index in [1.165, 1.54) is 11.3 Å². The molecule has 0 aliphatic heterocycles. The number of nitrogens with zero attached hydrogens (tertiary/aromatic N) is 1. The Morgan fingerprint density at radius 2 is 2.00 bits per heavy atom. The fourth-order valence-electron chi connectivity index (χ4n) is 1.35. The number of hydrogen-bond donors (Lipinski definition) is 2. The zero-order chi connectivity index (χ0) is 13.8. The fourth-order valence-corrected chi connectivity index (χ4v) is 2.04. The van der Waals surface area contributed by atoms with Gasteiger partial charge in [0.15, 0.2) is 5.13 Å². The Hall–Kier alpha value is -1.92. The number of carbonyl (C=O) groups is 2. The first-order chi connectivity index (χ1) is 9.06. The van der Waals surface area contributed by atoms with Crippen LogP contribution in [0, 0.1) is 6.92 Å². The number of anilines is 2. The molecule has 0 saturated carbocycles. The third kappa shape index (κ3) is 3.52. The van der Waals surface area contributed by atoms with Gasteiger partial charge in [0, 0.05) is 22.3 Å². The summed E-state index contributed by atoms with van der Waals surface area (Å²) < 4.78 is 0. The van der Waals surface area contributed by atoms with E-state index in [9.17, 15) is 9.59 Å². The van der Waals surface area contributed by atoms with Crippen molar-refractivity contribution in [1.29, 1.82) is 0 Å². The number of thiazole rings is 1. The van der Waals surface area contributed by atoms with E-state index in [1.54, 1.807) is 29.8 Å². The Morgan fingerprint density at radius 3 is 2.68 bits per heavy atom. The molecule has 1 heterocycles. The Morgan fingerprint density at radius 1 is 1.26 bits per heavy atom. The molecule has 1 aromatic carbocycles. The van der Waals surface area contributed by atoms with Crippen LogP contribution in [-0.2, 0) is 9.59 Å². The highest BCUT2D eigenvalue weighted by Crippen LogP contribution is 2.20. The molecule has 0 saturated heterocycles. The first-order valence-electron chi connectivity index (χ1n) is 5.34. The highest BCUT2D eigenvalue weighted by atomic mass is 35.5. The molecule has 7 heteroatoms. The molecule has 0 unspecified atom stereocenters. The molecule has 2 N–H and O–H groups in total. The van der Waals surface area contributed by atoms with E-state index in [0.717, 1.165) is 5.56 Å². The molecule has 19 heavy (non-hydrogen) atoms. The lowest BCUT2D eigenvalue weighted by atomic mass is 10.2. The van der Waals surface area contributed by atoms with Crippen LogP contribution in [0.5, 0.6) is 0 Å². The number of amides is 2. The molecular formula is C12H10ClN3O2S. The summed E-state index contributed by atoms with van der Waals surface area (Å²) in [7, 11) is 0. The van der Waals surface area contributed by atoms with Crippen molar-refractivity contribution in [3.05, 3.63) is 40.4 Å². The fraction of sp³-hybridized carbons (Fsp3) is 0.0833. The second kappa shape index (κ2) is 5.81. The molecule has 2 rings (SSSR count). The number of nitrogens with one attached hydrogen (secondary N) is 2. The minimum atomic E-state index is -0.769. The number of aromatic nitrogens is 1. The van der Waals surface area contributed by atoms with Gasteiger partial charge in [-0.2, -0.15) is 0 Å². The third-order valence-corrected chi connectivity index (χ3v) is 3.23. The van der Waals surface area contributed by atoms with Crippen LogP contribution in [0.4, 0.5) is 10.8 Å². The van der Waals surface area contributed by atoms with Crippen LogP contribution in [0.3, 0.4) is 0 Å². The molecule has 0 atom stereocenters. The molecule has 1 aromatic heterocycles. The molecule has 0 bridgehead atoms. The molecule has 0 radical (unpaired) electrons. The van der Waals surface area contributed by atoms with Crippen LogP contribution in [0.25, 0.3) is 0 Å². The quantitative estimate of drug-likeness (QED) is 0.837. The van der Waals surface area contributed by atoms with Crippen molar-refractivity contribution in [2.75, 3.05) is 10.6 Å². The maximum Gasteiger partial charge on any atom is 0.315 e. The predicted molar refractivity (Wildman–Crippen MR) is 75.6 cm³/mol. The monoisotopic (exact) mass is 295 g/mol. The molecule has 0 fully saturated rings. The second-order valence-corrected chi connectivity index (χ2v) is 5.04. The van der Waals surface area contributed by atoms with Crippen LogP contribution < -0.4 is 10.6 Å². The molecule has 2 aromatic rings. The van der Waals surface area contributed by atoms with Gasteiger partial charge in [-0.3, -0.25) is 14.9 Å². The molecule has 98 valence electrons. The largest absolute Gasteiger partial charge is 0.317 e. The van der Waals surface area contributed by atoms with Gasteiger partial charge < -0.3 is 5.32 Å². The van der Waals surface area contributed by atoms with E-state index < -0.39 is 11.8 Å².